The van der Waals surface area contributed by atoms with Crippen LogP contribution in [-0.2, 0) is 23.8 Å². The predicted octanol–water partition coefficient (Wildman–Crippen LogP) is 19.1. The van der Waals surface area contributed by atoms with Gasteiger partial charge in [-0.15, -0.1) is 0 Å². The lowest BCUT2D eigenvalue weighted by Crippen LogP contribution is -2.30. The number of hydrogen-bond donors (Lipinski definition) is 0. The van der Waals surface area contributed by atoms with E-state index in [0.29, 0.717) is 19.4 Å². The first kappa shape index (κ1) is 61.9. The van der Waals surface area contributed by atoms with Gasteiger partial charge in [-0.1, -0.05) is 268 Å². The van der Waals surface area contributed by atoms with Crippen molar-refractivity contribution in [2.24, 2.45) is 0 Å². The van der Waals surface area contributed by atoms with Gasteiger partial charge in [0.1, 0.15) is 6.61 Å². The van der Waals surface area contributed by atoms with Gasteiger partial charge in [0.2, 0.25) is 0 Å². The summed E-state index contributed by atoms with van der Waals surface area (Å²) in [5.41, 5.74) is 0. The second kappa shape index (κ2) is 55.2. The molecule has 0 aromatic carbocycles. The fourth-order valence-electron chi connectivity index (χ4n) is 8.21. The van der Waals surface area contributed by atoms with Crippen molar-refractivity contribution in [2.45, 2.75) is 297 Å². The highest BCUT2D eigenvalue weighted by atomic mass is 16.6. The molecule has 5 heteroatoms. The fraction of sp³-hybridized carbons (Fsp3) is 0.831. The highest BCUT2D eigenvalue weighted by molar-refractivity contribution is 5.70. The van der Waals surface area contributed by atoms with Gasteiger partial charge in [0.05, 0.1) is 6.61 Å². The normalized spacial score (nSPS) is 12.5. The quantitative estimate of drug-likeness (QED) is 0.0346. The molecule has 0 heterocycles. The molecule has 1 unspecified atom stereocenters. The zero-order chi connectivity index (χ0) is 46.3. The molecule has 0 aliphatic heterocycles. The summed E-state index contributed by atoms with van der Waals surface area (Å²) < 4.78 is 17.5. The maximum atomic E-state index is 12.8. The molecular formula is C59H108O5. The van der Waals surface area contributed by atoms with Crippen molar-refractivity contribution in [3.8, 4) is 0 Å². The van der Waals surface area contributed by atoms with Crippen molar-refractivity contribution in [3.05, 3.63) is 48.6 Å². The Morgan fingerprint density at radius 1 is 0.359 bits per heavy atom. The minimum Gasteiger partial charge on any atom is -0.462 e. The van der Waals surface area contributed by atoms with E-state index in [1.54, 1.807) is 0 Å². The summed E-state index contributed by atoms with van der Waals surface area (Å²) in [5.74, 6) is -0.396. The van der Waals surface area contributed by atoms with Crippen LogP contribution in [0.25, 0.3) is 0 Å². The number of allylic oxidation sites excluding steroid dienone is 8. The van der Waals surface area contributed by atoms with E-state index in [0.717, 1.165) is 70.6 Å². The van der Waals surface area contributed by atoms with Crippen molar-refractivity contribution in [3.63, 3.8) is 0 Å². The first-order valence-electron chi connectivity index (χ1n) is 28.2. The molecule has 0 N–H and O–H groups in total. The summed E-state index contributed by atoms with van der Waals surface area (Å²) in [6.07, 6.45) is 68.4. The first-order valence-corrected chi connectivity index (χ1v) is 28.2. The maximum absolute atomic E-state index is 12.8. The van der Waals surface area contributed by atoms with Crippen molar-refractivity contribution in [1.82, 2.24) is 0 Å². The summed E-state index contributed by atoms with van der Waals surface area (Å²) in [7, 11) is 0. The molecule has 374 valence electrons. The molecule has 0 saturated carbocycles. The minimum atomic E-state index is -0.537. The Labute approximate surface area is 399 Å². The SMILES string of the molecule is CC/C=C\C/C=C\C/C=C\C/C=C\CCCCCCCCC(=O)OCC(COCCCCCCCCCCCCCC)OC(=O)CCCCCCCCCCCCCCCCCCC. The molecule has 0 bridgehead atoms. The average Bonchev–Trinajstić information content (AvgIpc) is 3.30. The average molecular weight is 898 g/mol. The Kier molecular flexibility index (Phi) is 53.3. The van der Waals surface area contributed by atoms with E-state index in [1.165, 1.54) is 186 Å². The topological polar surface area (TPSA) is 61.8 Å². The Morgan fingerprint density at radius 2 is 0.703 bits per heavy atom. The Morgan fingerprint density at radius 3 is 1.12 bits per heavy atom. The van der Waals surface area contributed by atoms with Gasteiger partial charge in [0.25, 0.3) is 0 Å². The Balaban J connectivity index is 4.23. The summed E-state index contributed by atoms with van der Waals surface area (Å²) in [4.78, 5) is 25.5. The number of carbonyl (C=O) groups is 2. The molecule has 64 heavy (non-hydrogen) atoms. The minimum absolute atomic E-state index is 0.0827. The standard InChI is InChI=1S/C59H108O5/c1-4-7-10-13-16-19-22-25-27-29-30-32-33-35-37-40-43-46-49-52-58(60)63-56-57(55-62-54-51-48-45-42-39-24-21-18-15-12-9-6-3)64-59(61)53-50-47-44-41-38-36-34-31-28-26-23-20-17-14-11-8-5-2/h7,10,16,19,25,27,30,32,57H,4-6,8-9,11-15,17-18,20-24,26,28-29,31,33-56H2,1-3H3/b10-7-,19-16-,27-25-,32-30-. The number of carbonyl (C=O) groups excluding carboxylic acids is 2. The van der Waals surface area contributed by atoms with Crippen molar-refractivity contribution < 1.29 is 23.8 Å². The highest BCUT2D eigenvalue weighted by Gasteiger charge is 2.17. The number of rotatable bonds is 52. The molecule has 5 nitrogen and oxygen atoms in total. The number of hydrogen-bond acceptors (Lipinski definition) is 5. The van der Waals surface area contributed by atoms with E-state index >= 15 is 0 Å². The second-order valence-electron chi connectivity index (χ2n) is 18.8. The molecule has 1 atom stereocenters. The molecule has 0 aromatic heterocycles. The molecule has 0 aliphatic rings. The van der Waals surface area contributed by atoms with Crippen LogP contribution in [0.2, 0.25) is 0 Å². The molecule has 0 spiro atoms. The van der Waals surface area contributed by atoms with Crippen LogP contribution in [0.5, 0.6) is 0 Å². The molecular weight excluding hydrogens is 789 g/mol. The third-order valence-corrected chi connectivity index (χ3v) is 12.4. The van der Waals surface area contributed by atoms with E-state index in [9.17, 15) is 9.59 Å². The molecule has 0 amide bonds. The summed E-state index contributed by atoms with van der Waals surface area (Å²) in [6, 6.07) is 0. The molecule has 0 saturated heterocycles. The zero-order valence-electron chi connectivity index (χ0n) is 43.1. The van der Waals surface area contributed by atoms with Crippen LogP contribution in [0.3, 0.4) is 0 Å². The second-order valence-corrected chi connectivity index (χ2v) is 18.8. The first-order chi connectivity index (χ1) is 31.6. The van der Waals surface area contributed by atoms with Crippen LogP contribution >= 0.6 is 0 Å². The molecule has 0 aromatic rings. The summed E-state index contributed by atoms with van der Waals surface area (Å²) in [5, 5.41) is 0. The monoisotopic (exact) mass is 897 g/mol. The van der Waals surface area contributed by atoms with Gasteiger partial charge in [0.15, 0.2) is 6.10 Å². The van der Waals surface area contributed by atoms with Gasteiger partial charge < -0.3 is 14.2 Å². The summed E-state index contributed by atoms with van der Waals surface area (Å²) >= 11 is 0. The predicted molar refractivity (Wildman–Crippen MR) is 279 cm³/mol. The van der Waals surface area contributed by atoms with Gasteiger partial charge in [0, 0.05) is 19.4 Å². The van der Waals surface area contributed by atoms with Crippen LogP contribution in [0, 0.1) is 0 Å². The maximum Gasteiger partial charge on any atom is 0.306 e. The molecule has 0 aliphatic carbocycles. The third kappa shape index (κ3) is 52.5. The van der Waals surface area contributed by atoms with E-state index in [4.69, 9.17) is 14.2 Å². The van der Waals surface area contributed by atoms with E-state index < -0.39 is 6.10 Å². The lowest BCUT2D eigenvalue weighted by atomic mass is 10.0. The fourth-order valence-corrected chi connectivity index (χ4v) is 8.21. The third-order valence-electron chi connectivity index (χ3n) is 12.4. The van der Waals surface area contributed by atoms with Crippen molar-refractivity contribution in [2.75, 3.05) is 19.8 Å². The number of unbranched alkanes of at least 4 members (excludes halogenated alkanes) is 33. The highest BCUT2D eigenvalue weighted by Crippen LogP contribution is 2.16. The van der Waals surface area contributed by atoms with Crippen LogP contribution < -0.4 is 0 Å². The zero-order valence-corrected chi connectivity index (χ0v) is 43.1. The lowest BCUT2D eigenvalue weighted by molar-refractivity contribution is -0.163. The molecule has 0 rings (SSSR count). The van der Waals surface area contributed by atoms with Crippen molar-refractivity contribution in [1.29, 1.82) is 0 Å². The van der Waals surface area contributed by atoms with Gasteiger partial charge in [-0.25, -0.2) is 0 Å². The van der Waals surface area contributed by atoms with Crippen LogP contribution in [-0.4, -0.2) is 37.9 Å². The molecule has 0 radical (unpaired) electrons. The van der Waals surface area contributed by atoms with Crippen LogP contribution in [0.1, 0.15) is 290 Å². The van der Waals surface area contributed by atoms with Gasteiger partial charge in [-0.3, -0.25) is 9.59 Å². The Hall–Kier alpha value is -2.14. The lowest BCUT2D eigenvalue weighted by Gasteiger charge is -2.18. The summed E-state index contributed by atoms with van der Waals surface area (Å²) in [6.45, 7) is 7.76. The van der Waals surface area contributed by atoms with Gasteiger partial charge in [-0.2, -0.15) is 0 Å². The molecule has 0 fully saturated rings. The van der Waals surface area contributed by atoms with Crippen LogP contribution in [0.4, 0.5) is 0 Å². The van der Waals surface area contributed by atoms with Gasteiger partial charge in [-0.05, 0) is 57.8 Å². The van der Waals surface area contributed by atoms with Gasteiger partial charge >= 0.3 is 11.9 Å². The van der Waals surface area contributed by atoms with E-state index in [1.807, 2.05) is 0 Å². The van der Waals surface area contributed by atoms with Crippen LogP contribution in [0.15, 0.2) is 48.6 Å². The number of esters is 2. The smallest absolute Gasteiger partial charge is 0.306 e. The largest absolute Gasteiger partial charge is 0.462 e. The number of ether oxygens (including phenoxy) is 3. The van der Waals surface area contributed by atoms with E-state index in [2.05, 4.69) is 69.4 Å². The van der Waals surface area contributed by atoms with E-state index in [-0.39, 0.29) is 25.2 Å². The van der Waals surface area contributed by atoms with Crippen molar-refractivity contribution >= 4 is 11.9 Å². The Bertz CT molecular complexity index is 1060.